The molecule has 3 saturated carbocycles. The zero-order chi connectivity index (χ0) is 22.1. The fraction of sp³-hybridized carbons (Fsp3) is 0.630. The van der Waals surface area contributed by atoms with E-state index in [1.54, 1.807) is 6.92 Å². The molecule has 3 fully saturated rings. The van der Waals surface area contributed by atoms with Crippen molar-refractivity contribution in [3.63, 3.8) is 0 Å². The summed E-state index contributed by atoms with van der Waals surface area (Å²) in [6.45, 7) is 6.50. The second kappa shape index (κ2) is 7.10. The monoisotopic (exact) mass is 433 g/mol. The Morgan fingerprint density at radius 3 is 2.62 bits per heavy atom. The molecule has 0 amide bonds. The van der Waals surface area contributed by atoms with E-state index >= 15 is 0 Å². The lowest BCUT2D eigenvalue weighted by atomic mass is 9.47. The highest BCUT2D eigenvalue weighted by atomic mass is 16.5. The first-order valence-electron chi connectivity index (χ1n) is 12.5. The number of esters is 1. The molecule has 1 aromatic heterocycles. The van der Waals surface area contributed by atoms with E-state index in [2.05, 4.69) is 60.4 Å². The number of nitrogens with one attached hydrogen (secondary N) is 1. The Hall–Kier alpha value is -2.30. The standard InChI is InChI=1S/C27H35N3O2/c1-17(31)32-24-12-10-21-20-9-11-23-27(3,22(20)13-14-26(21,24)2)15-18-16-28-30(25(18)29-23)19-7-5-4-6-8-19/h4-8,16,20-24,29H,9-15H2,1-3H3/t20-,21-,22-,23+,24?,26-,27+/m0/s1. The van der Waals surface area contributed by atoms with Crippen molar-refractivity contribution in [1.82, 2.24) is 9.78 Å². The van der Waals surface area contributed by atoms with Gasteiger partial charge in [-0.15, -0.1) is 0 Å². The lowest BCUT2D eigenvalue weighted by Gasteiger charge is -2.60. The van der Waals surface area contributed by atoms with Crippen LogP contribution in [-0.2, 0) is 16.0 Å². The molecule has 32 heavy (non-hydrogen) atoms. The Labute approximate surface area is 190 Å². The minimum Gasteiger partial charge on any atom is -0.462 e. The summed E-state index contributed by atoms with van der Waals surface area (Å²) in [6.07, 6.45) is 10.4. The highest BCUT2D eigenvalue weighted by Crippen LogP contribution is 2.64. The molecule has 0 radical (unpaired) electrons. The predicted octanol–water partition coefficient (Wildman–Crippen LogP) is 5.38. The number of hydrogen-bond donors (Lipinski definition) is 1. The van der Waals surface area contributed by atoms with Crippen molar-refractivity contribution in [2.75, 3.05) is 5.32 Å². The van der Waals surface area contributed by atoms with Crippen molar-refractivity contribution in [2.45, 2.75) is 77.9 Å². The maximum absolute atomic E-state index is 11.7. The van der Waals surface area contributed by atoms with Gasteiger partial charge in [-0.25, -0.2) is 4.68 Å². The van der Waals surface area contributed by atoms with Crippen molar-refractivity contribution in [3.8, 4) is 5.69 Å². The van der Waals surface area contributed by atoms with Crippen LogP contribution in [-0.4, -0.2) is 27.9 Å². The Bertz CT molecular complexity index is 1030. The van der Waals surface area contributed by atoms with Crippen LogP contribution in [0.5, 0.6) is 0 Å². The van der Waals surface area contributed by atoms with Gasteiger partial charge in [-0.1, -0.05) is 32.0 Å². The minimum absolute atomic E-state index is 0.108. The third-order valence-corrected chi connectivity index (χ3v) is 9.82. The zero-order valence-corrected chi connectivity index (χ0v) is 19.5. The van der Waals surface area contributed by atoms with Crippen LogP contribution < -0.4 is 5.32 Å². The zero-order valence-electron chi connectivity index (χ0n) is 19.5. The van der Waals surface area contributed by atoms with Gasteiger partial charge in [0.2, 0.25) is 0 Å². The molecular formula is C27H35N3O2. The maximum Gasteiger partial charge on any atom is 0.302 e. The molecule has 7 atom stereocenters. The number of benzene rings is 1. The molecule has 3 aliphatic carbocycles. The van der Waals surface area contributed by atoms with Crippen molar-refractivity contribution in [2.24, 2.45) is 28.6 Å². The molecule has 170 valence electrons. The van der Waals surface area contributed by atoms with Gasteiger partial charge in [-0.3, -0.25) is 4.79 Å². The summed E-state index contributed by atoms with van der Waals surface area (Å²) in [6, 6.07) is 10.9. The second-order valence-corrected chi connectivity index (χ2v) is 11.3. The molecule has 4 aliphatic rings. The Balaban J connectivity index is 1.29. The van der Waals surface area contributed by atoms with Crippen molar-refractivity contribution in [3.05, 3.63) is 42.1 Å². The van der Waals surface area contributed by atoms with E-state index < -0.39 is 0 Å². The summed E-state index contributed by atoms with van der Waals surface area (Å²) in [5.74, 6) is 3.21. The number of anilines is 1. The van der Waals surface area contributed by atoms with Crippen molar-refractivity contribution < 1.29 is 9.53 Å². The first-order valence-corrected chi connectivity index (χ1v) is 12.5. The number of rotatable bonds is 2. The van der Waals surface area contributed by atoms with Crippen molar-refractivity contribution >= 4 is 11.8 Å². The van der Waals surface area contributed by atoms with Crippen molar-refractivity contribution in [1.29, 1.82) is 0 Å². The molecular weight excluding hydrogens is 398 g/mol. The molecule has 1 aliphatic heterocycles. The third-order valence-electron chi connectivity index (χ3n) is 9.82. The largest absolute Gasteiger partial charge is 0.462 e. The Morgan fingerprint density at radius 2 is 1.84 bits per heavy atom. The fourth-order valence-corrected chi connectivity index (χ4v) is 8.30. The average Bonchev–Trinajstić information content (AvgIpc) is 3.32. The minimum atomic E-state index is -0.117. The molecule has 1 unspecified atom stereocenters. The smallest absolute Gasteiger partial charge is 0.302 e. The normalized spacial score (nSPS) is 39.8. The summed E-state index contributed by atoms with van der Waals surface area (Å²) in [4.78, 5) is 11.7. The molecule has 2 heterocycles. The number of fused-ring (bicyclic) bond motifs is 6. The van der Waals surface area contributed by atoms with Crippen LogP contribution in [0.2, 0.25) is 0 Å². The quantitative estimate of drug-likeness (QED) is 0.646. The number of ether oxygens (including phenoxy) is 1. The molecule has 6 rings (SSSR count). The lowest BCUT2D eigenvalue weighted by Crippen LogP contribution is -2.58. The van der Waals surface area contributed by atoms with E-state index in [1.165, 1.54) is 43.5 Å². The van der Waals surface area contributed by atoms with Crippen LogP contribution in [0.25, 0.3) is 5.69 Å². The van der Waals surface area contributed by atoms with Gasteiger partial charge in [0, 0.05) is 23.9 Å². The predicted molar refractivity (Wildman–Crippen MR) is 125 cm³/mol. The first-order chi connectivity index (χ1) is 15.4. The van der Waals surface area contributed by atoms with Crippen LogP contribution in [0, 0.1) is 28.6 Å². The summed E-state index contributed by atoms with van der Waals surface area (Å²) >= 11 is 0. The molecule has 5 heteroatoms. The number of aromatic nitrogens is 2. The van der Waals surface area contributed by atoms with Crippen LogP contribution in [0.15, 0.2) is 36.5 Å². The highest BCUT2D eigenvalue weighted by molar-refractivity contribution is 5.66. The summed E-state index contributed by atoms with van der Waals surface area (Å²) in [5.41, 5.74) is 2.88. The van der Waals surface area contributed by atoms with Gasteiger partial charge in [0.25, 0.3) is 0 Å². The van der Waals surface area contributed by atoms with E-state index in [-0.39, 0.29) is 22.9 Å². The number of nitrogens with zero attached hydrogens (tertiary/aromatic N) is 2. The first kappa shape index (κ1) is 20.3. The number of para-hydroxylation sites is 1. The molecule has 1 N–H and O–H groups in total. The summed E-state index contributed by atoms with van der Waals surface area (Å²) < 4.78 is 7.91. The van der Waals surface area contributed by atoms with E-state index in [0.717, 1.165) is 30.4 Å². The maximum atomic E-state index is 11.7. The Kier molecular flexibility index (Phi) is 4.51. The number of carbonyl (C=O) groups is 1. The van der Waals surface area contributed by atoms with Crippen LogP contribution >= 0.6 is 0 Å². The molecule has 1 aromatic carbocycles. The number of hydrogen-bond acceptors (Lipinski definition) is 4. The van der Waals surface area contributed by atoms with E-state index in [1.807, 2.05) is 0 Å². The topological polar surface area (TPSA) is 56.1 Å². The van der Waals surface area contributed by atoms with E-state index in [4.69, 9.17) is 9.84 Å². The fourth-order valence-electron chi connectivity index (χ4n) is 8.30. The second-order valence-electron chi connectivity index (χ2n) is 11.3. The SMILES string of the molecule is CC(=O)OC1CC[C@H]2[C@@H]3CC[C@H]4Nc5c(cnn5-c5ccccc5)C[C@]4(C)[C@H]3CC[C@]12C. The van der Waals surface area contributed by atoms with Crippen LogP contribution in [0.3, 0.4) is 0 Å². The van der Waals surface area contributed by atoms with E-state index in [0.29, 0.717) is 12.0 Å². The highest BCUT2D eigenvalue weighted by Gasteiger charge is 2.61. The molecule has 0 bridgehead atoms. The Morgan fingerprint density at radius 1 is 1.06 bits per heavy atom. The van der Waals surface area contributed by atoms with Gasteiger partial charge in [0.15, 0.2) is 0 Å². The van der Waals surface area contributed by atoms with Crippen LogP contribution in [0.4, 0.5) is 5.82 Å². The molecule has 0 saturated heterocycles. The van der Waals surface area contributed by atoms with Crippen LogP contribution in [0.1, 0.15) is 64.9 Å². The van der Waals surface area contributed by atoms with Gasteiger partial charge < -0.3 is 10.1 Å². The molecule has 5 nitrogen and oxygen atoms in total. The summed E-state index contributed by atoms with van der Waals surface area (Å²) in [7, 11) is 0. The number of carbonyl (C=O) groups excluding carboxylic acids is 1. The molecule has 0 spiro atoms. The van der Waals surface area contributed by atoms with Gasteiger partial charge in [0.05, 0.1) is 11.9 Å². The van der Waals surface area contributed by atoms with E-state index in [9.17, 15) is 4.79 Å². The average molecular weight is 434 g/mol. The van der Waals surface area contributed by atoms with Gasteiger partial charge >= 0.3 is 5.97 Å². The van der Waals surface area contributed by atoms with Gasteiger partial charge in [0.1, 0.15) is 11.9 Å². The third kappa shape index (κ3) is 2.82. The lowest BCUT2D eigenvalue weighted by molar-refractivity contribution is -0.158. The van der Waals surface area contributed by atoms with Gasteiger partial charge in [-0.05, 0) is 80.2 Å². The van der Waals surface area contributed by atoms with Gasteiger partial charge in [-0.2, -0.15) is 5.10 Å². The molecule has 2 aromatic rings. The summed E-state index contributed by atoms with van der Waals surface area (Å²) in [5, 5.41) is 8.72.